The highest BCUT2D eigenvalue weighted by Crippen LogP contribution is 2.46. The van der Waals surface area contributed by atoms with E-state index in [0.717, 1.165) is 31.2 Å². The molecular formula is C14H20FNO2. The van der Waals surface area contributed by atoms with Crippen LogP contribution in [0.25, 0.3) is 0 Å². The highest BCUT2D eigenvalue weighted by Gasteiger charge is 2.37. The molecule has 18 heavy (non-hydrogen) atoms. The summed E-state index contributed by atoms with van der Waals surface area (Å²) in [5.41, 5.74) is 6.67. The minimum Gasteiger partial charge on any atom is -0.494 e. The third kappa shape index (κ3) is 1.94. The second kappa shape index (κ2) is 5.14. The summed E-state index contributed by atoms with van der Waals surface area (Å²) in [4.78, 5) is 0. The number of halogens is 1. The van der Waals surface area contributed by atoms with Crippen molar-refractivity contribution in [2.24, 2.45) is 5.73 Å². The van der Waals surface area contributed by atoms with E-state index >= 15 is 0 Å². The summed E-state index contributed by atoms with van der Waals surface area (Å²) in [5.74, 6) is 0.0553. The van der Waals surface area contributed by atoms with Crippen molar-refractivity contribution < 1.29 is 13.9 Å². The van der Waals surface area contributed by atoms with E-state index in [1.54, 1.807) is 6.07 Å². The van der Waals surface area contributed by atoms with Gasteiger partial charge >= 0.3 is 0 Å². The Labute approximate surface area is 107 Å². The zero-order valence-electron chi connectivity index (χ0n) is 11.0. The molecule has 0 aliphatic heterocycles. The van der Waals surface area contributed by atoms with Crippen molar-refractivity contribution in [3.05, 3.63) is 23.5 Å². The molecule has 0 saturated heterocycles. The van der Waals surface area contributed by atoms with Crippen LogP contribution in [0.1, 0.15) is 31.2 Å². The third-order valence-electron chi connectivity index (χ3n) is 4.01. The maximum Gasteiger partial charge on any atom is 0.207 e. The zero-order valence-corrected chi connectivity index (χ0v) is 11.0. The largest absolute Gasteiger partial charge is 0.494 e. The Hall–Kier alpha value is -1.29. The molecule has 4 heteroatoms. The Kier molecular flexibility index (Phi) is 3.76. The molecule has 0 heterocycles. The fourth-order valence-corrected chi connectivity index (χ4v) is 2.95. The van der Waals surface area contributed by atoms with Gasteiger partial charge in [0.1, 0.15) is 0 Å². The Morgan fingerprint density at radius 2 is 1.89 bits per heavy atom. The van der Waals surface area contributed by atoms with Gasteiger partial charge in [-0.3, -0.25) is 0 Å². The topological polar surface area (TPSA) is 44.5 Å². The van der Waals surface area contributed by atoms with Crippen molar-refractivity contribution in [3.63, 3.8) is 0 Å². The van der Waals surface area contributed by atoms with Gasteiger partial charge in [-0.1, -0.05) is 18.9 Å². The van der Waals surface area contributed by atoms with Gasteiger partial charge in [-0.25, -0.2) is 0 Å². The van der Waals surface area contributed by atoms with E-state index in [2.05, 4.69) is 0 Å². The minimum atomic E-state index is -0.433. The molecule has 1 aliphatic carbocycles. The monoisotopic (exact) mass is 253 g/mol. The van der Waals surface area contributed by atoms with E-state index in [0.29, 0.717) is 6.54 Å². The molecule has 1 aliphatic rings. The van der Waals surface area contributed by atoms with E-state index in [4.69, 9.17) is 15.2 Å². The Bertz CT molecular complexity index is 428. The van der Waals surface area contributed by atoms with E-state index in [1.807, 2.05) is 6.07 Å². The average molecular weight is 253 g/mol. The molecule has 0 amide bonds. The molecule has 1 fully saturated rings. The van der Waals surface area contributed by atoms with E-state index in [-0.39, 0.29) is 16.9 Å². The van der Waals surface area contributed by atoms with Crippen LogP contribution in [0.15, 0.2) is 12.1 Å². The van der Waals surface area contributed by atoms with Crippen molar-refractivity contribution in [2.45, 2.75) is 31.1 Å². The smallest absolute Gasteiger partial charge is 0.207 e. The van der Waals surface area contributed by atoms with Crippen LogP contribution in [0.5, 0.6) is 11.5 Å². The summed E-state index contributed by atoms with van der Waals surface area (Å²) in [5, 5.41) is 0. The van der Waals surface area contributed by atoms with Gasteiger partial charge in [0, 0.05) is 17.5 Å². The second-order valence-corrected chi connectivity index (χ2v) is 4.85. The van der Waals surface area contributed by atoms with Crippen LogP contribution in [-0.2, 0) is 5.41 Å². The first-order valence-electron chi connectivity index (χ1n) is 6.29. The maximum atomic E-state index is 14.2. The zero-order chi connectivity index (χ0) is 13.2. The molecule has 2 rings (SSSR count). The molecule has 3 nitrogen and oxygen atoms in total. The first kappa shape index (κ1) is 13.1. The van der Waals surface area contributed by atoms with E-state index in [1.165, 1.54) is 14.2 Å². The second-order valence-electron chi connectivity index (χ2n) is 4.85. The van der Waals surface area contributed by atoms with E-state index in [9.17, 15) is 4.39 Å². The minimum absolute atomic E-state index is 0.140. The van der Waals surface area contributed by atoms with Gasteiger partial charge < -0.3 is 15.2 Å². The van der Waals surface area contributed by atoms with Gasteiger partial charge in [0.25, 0.3) is 0 Å². The number of ether oxygens (including phenoxy) is 2. The molecule has 0 spiro atoms. The number of hydrogen-bond acceptors (Lipinski definition) is 3. The van der Waals surface area contributed by atoms with E-state index < -0.39 is 5.82 Å². The van der Waals surface area contributed by atoms with Gasteiger partial charge in [-0.15, -0.1) is 0 Å². The molecule has 0 aromatic heterocycles. The maximum absolute atomic E-state index is 14.2. The number of benzene rings is 1. The van der Waals surface area contributed by atoms with Crippen LogP contribution in [0.4, 0.5) is 4.39 Å². The predicted molar refractivity (Wildman–Crippen MR) is 68.7 cm³/mol. The number of rotatable bonds is 4. The quantitative estimate of drug-likeness (QED) is 0.897. The number of methoxy groups -OCH3 is 2. The molecule has 1 aromatic carbocycles. The van der Waals surface area contributed by atoms with Crippen LogP contribution in [0, 0.1) is 5.82 Å². The molecule has 0 atom stereocenters. The highest BCUT2D eigenvalue weighted by molar-refractivity contribution is 5.47. The van der Waals surface area contributed by atoms with Crippen molar-refractivity contribution in [3.8, 4) is 11.5 Å². The standard InChI is InChI=1S/C14H20FNO2/c1-17-11-6-5-10(13(18-2)12(11)15)14(9-16)7-3-4-8-14/h5-6H,3-4,7-9,16H2,1-2H3. The lowest BCUT2D eigenvalue weighted by Crippen LogP contribution is -2.32. The Morgan fingerprint density at radius 1 is 1.22 bits per heavy atom. The molecule has 0 radical (unpaired) electrons. The summed E-state index contributed by atoms with van der Waals surface area (Å²) in [6, 6.07) is 3.54. The molecular weight excluding hydrogens is 233 g/mol. The number of nitrogens with two attached hydrogens (primary N) is 1. The fourth-order valence-electron chi connectivity index (χ4n) is 2.95. The molecule has 2 N–H and O–H groups in total. The van der Waals surface area contributed by atoms with Crippen molar-refractivity contribution in [1.29, 1.82) is 0 Å². The highest BCUT2D eigenvalue weighted by atomic mass is 19.1. The van der Waals surface area contributed by atoms with Crippen LogP contribution >= 0.6 is 0 Å². The third-order valence-corrected chi connectivity index (χ3v) is 4.01. The Morgan fingerprint density at radius 3 is 2.39 bits per heavy atom. The predicted octanol–water partition coefficient (Wildman–Crippen LogP) is 2.61. The van der Waals surface area contributed by atoms with Gasteiger partial charge in [0.2, 0.25) is 5.82 Å². The van der Waals surface area contributed by atoms with Crippen LogP contribution in [-0.4, -0.2) is 20.8 Å². The summed E-state index contributed by atoms with van der Waals surface area (Å²) in [6.45, 7) is 0.523. The fraction of sp³-hybridized carbons (Fsp3) is 0.571. The molecule has 1 saturated carbocycles. The van der Waals surface area contributed by atoms with Crippen molar-refractivity contribution in [1.82, 2.24) is 0 Å². The van der Waals surface area contributed by atoms with Crippen LogP contribution in [0.2, 0.25) is 0 Å². The number of hydrogen-bond donors (Lipinski definition) is 1. The molecule has 100 valence electrons. The molecule has 0 bridgehead atoms. The Balaban J connectivity index is 2.53. The molecule has 1 aromatic rings. The van der Waals surface area contributed by atoms with Crippen LogP contribution < -0.4 is 15.2 Å². The summed E-state index contributed by atoms with van der Waals surface area (Å²) in [6.07, 6.45) is 4.25. The first-order valence-corrected chi connectivity index (χ1v) is 6.29. The lowest BCUT2D eigenvalue weighted by atomic mass is 9.78. The summed E-state index contributed by atoms with van der Waals surface area (Å²) >= 11 is 0. The van der Waals surface area contributed by atoms with Gasteiger partial charge in [0.05, 0.1) is 14.2 Å². The molecule has 0 unspecified atom stereocenters. The lowest BCUT2D eigenvalue weighted by Gasteiger charge is -2.29. The van der Waals surface area contributed by atoms with Gasteiger partial charge in [-0.2, -0.15) is 4.39 Å². The summed E-state index contributed by atoms with van der Waals surface area (Å²) in [7, 11) is 2.94. The van der Waals surface area contributed by atoms with Crippen molar-refractivity contribution >= 4 is 0 Å². The van der Waals surface area contributed by atoms with Gasteiger partial charge in [0.15, 0.2) is 11.5 Å². The normalized spacial score (nSPS) is 17.8. The van der Waals surface area contributed by atoms with Crippen molar-refractivity contribution in [2.75, 3.05) is 20.8 Å². The van der Waals surface area contributed by atoms with Crippen LogP contribution in [0.3, 0.4) is 0 Å². The first-order chi connectivity index (χ1) is 8.68. The summed E-state index contributed by atoms with van der Waals surface area (Å²) < 4.78 is 24.4. The SMILES string of the molecule is COc1ccc(C2(CN)CCCC2)c(OC)c1F. The average Bonchev–Trinajstić information content (AvgIpc) is 2.88. The lowest BCUT2D eigenvalue weighted by molar-refractivity contribution is 0.333. The van der Waals surface area contributed by atoms with Gasteiger partial charge in [-0.05, 0) is 18.9 Å².